The molecule has 0 spiro atoms. The van der Waals surface area contributed by atoms with Gasteiger partial charge in [-0.25, -0.2) is 0 Å². The smallest absolute Gasteiger partial charge is 0.266 e. The molecule has 6 nitrogen and oxygen atoms in total. The lowest BCUT2D eigenvalue weighted by molar-refractivity contribution is -0.309. The van der Waals surface area contributed by atoms with E-state index < -0.39 is 17.9 Å². The standard InChI is InChI=1S/C18H15NO5S2/c1-10(17(21)22)19-16(20)15(26-18(19)25)9-13-7-8-14(24-13)11-3-5-12(23-2)6-4-11/h3-10H,1-2H3,(H,21,22)/p-1/b15-9-/t10-/m0/s1. The lowest BCUT2D eigenvalue weighted by Gasteiger charge is -2.23. The summed E-state index contributed by atoms with van der Waals surface area (Å²) in [4.78, 5) is 24.8. The van der Waals surface area contributed by atoms with Crippen LogP contribution in [0, 0.1) is 0 Å². The van der Waals surface area contributed by atoms with E-state index in [0.717, 1.165) is 28.0 Å². The Morgan fingerprint density at radius 3 is 2.62 bits per heavy atom. The van der Waals surface area contributed by atoms with E-state index in [1.807, 2.05) is 24.3 Å². The number of carboxylic acids is 1. The molecule has 1 aromatic carbocycles. The molecule has 0 aliphatic carbocycles. The van der Waals surface area contributed by atoms with Crippen molar-refractivity contribution in [2.45, 2.75) is 13.0 Å². The summed E-state index contributed by atoms with van der Waals surface area (Å²) in [6.45, 7) is 1.36. The molecule has 1 saturated heterocycles. The maximum atomic E-state index is 12.4. The van der Waals surface area contributed by atoms with Crippen LogP contribution in [0.15, 0.2) is 45.7 Å². The SMILES string of the molecule is COc1ccc(-c2ccc(/C=C3\SC(=S)N([C@@H](C)C(=O)[O-])C3=O)o2)cc1. The number of amides is 1. The fourth-order valence-electron chi connectivity index (χ4n) is 2.39. The van der Waals surface area contributed by atoms with Crippen molar-refractivity contribution in [3.05, 3.63) is 47.1 Å². The molecule has 26 heavy (non-hydrogen) atoms. The van der Waals surface area contributed by atoms with Gasteiger partial charge in [0.1, 0.15) is 21.6 Å². The lowest BCUT2D eigenvalue weighted by atomic mass is 10.2. The predicted octanol–water partition coefficient (Wildman–Crippen LogP) is 2.29. The minimum atomic E-state index is -1.36. The summed E-state index contributed by atoms with van der Waals surface area (Å²) >= 11 is 6.14. The van der Waals surface area contributed by atoms with Gasteiger partial charge in [0.05, 0.1) is 24.0 Å². The monoisotopic (exact) mass is 388 g/mol. The third kappa shape index (κ3) is 3.51. The van der Waals surface area contributed by atoms with Crippen molar-refractivity contribution in [1.29, 1.82) is 0 Å². The summed E-state index contributed by atoms with van der Waals surface area (Å²) in [5.41, 5.74) is 0.864. The fraction of sp³-hybridized carbons (Fsp3) is 0.167. The molecule has 1 aromatic heterocycles. The largest absolute Gasteiger partial charge is 0.548 e. The van der Waals surface area contributed by atoms with Gasteiger partial charge in [-0.05, 0) is 43.3 Å². The Balaban J connectivity index is 1.82. The summed E-state index contributed by atoms with van der Waals surface area (Å²) in [5.74, 6) is 0.0163. The number of benzene rings is 1. The molecule has 1 aliphatic rings. The number of nitrogens with zero attached hydrogens (tertiary/aromatic N) is 1. The molecule has 1 aliphatic heterocycles. The Kier molecular flexibility index (Phi) is 5.15. The van der Waals surface area contributed by atoms with E-state index in [4.69, 9.17) is 21.4 Å². The summed E-state index contributed by atoms with van der Waals surface area (Å²) in [7, 11) is 1.59. The van der Waals surface area contributed by atoms with Crippen molar-refractivity contribution < 1.29 is 23.8 Å². The van der Waals surface area contributed by atoms with Crippen LogP contribution in [-0.4, -0.2) is 34.2 Å². The molecule has 0 unspecified atom stereocenters. The van der Waals surface area contributed by atoms with Crippen LogP contribution in [-0.2, 0) is 9.59 Å². The highest BCUT2D eigenvalue weighted by atomic mass is 32.2. The molecule has 1 atom stereocenters. The minimum Gasteiger partial charge on any atom is -0.548 e. The van der Waals surface area contributed by atoms with Crippen molar-refractivity contribution in [1.82, 2.24) is 4.90 Å². The van der Waals surface area contributed by atoms with Crippen LogP contribution in [0.4, 0.5) is 0 Å². The summed E-state index contributed by atoms with van der Waals surface area (Å²) < 4.78 is 11.1. The first-order valence-electron chi connectivity index (χ1n) is 7.63. The van der Waals surface area contributed by atoms with E-state index in [9.17, 15) is 14.7 Å². The average molecular weight is 388 g/mol. The van der Waals surface area contributed by atoms with Gasteiger partial charge < -0.3 is 19.1 Å². The fourth-order valence-corrected chi connectivity index (χ4v) is 3.79. The molecular formula is C18H14NO5S2-. The topological polar surface area (TPSA) is 82.8 Å². The first kappa shape index (κ1) is 18.2. The van der Waals surface area contributed by atoms with Gasteiger partial charge in [0, 0.05) is 11.6 Å². The van der Waals surface area contributed by atoms with Crippen LogP contribution in [0.5, 0.6) is 5.75 Å². The van der Waals surface area contributed by atoms with E-state index in [0.29, 0.717) is 16.4 Å². The number of methoxy groups -OCH3 is 1. The van der Waals surface area contributed by atoms with Crippen LogP contribution in [0.2, 0.25) is 0 Å². The Hall–Kier alpha value is -2.58. The first-order valence-corrected chi connectivity index (χ1v) is 8.85. The van der Waals surface area contributed by atoms with E-state index in [-0.39, 0.29) is 4.32 Å². The highest BCUT2D eigenvalue weighted by Gasteiger charge is 2.36. The van der Waals surface area contributed by atoms with E-state index in [2.05, 4.69) is 0 Å². The van der Waals surface area contributed by atoms with Gasteiger partial charge in [-0.2, -0.15) is 0 Å². The number of ether oxygens (including phenoxy) is 1. The molecule has 8 heteroatoms. The van der Waals surface area contributed by atoms with Crippen molar-refractivity contribution in [2.24, 2.45) is 0 Å². The second-order valence-electron chi connectivity index (χ2n) is 5.48. The van der Waals surface area contributed by atoms with Crippen molar-refractivity contribution in [2.75, 3.05) is 7.11 Å². The number of aliphatic carboxylic acids is 1. The third-order valence-electron chi connectivity index (χ3n) is 3.83. The second kappa shape index (κ2) is 7.35. The average Bonchev–Trinajstić information content (AvgIpc) is 3.19. The van der Waals surface area contributed by atoms with Gasteiger partial charge in [0.25, 0.3) is 5.91 Å². The summed E-state index contributed by atoms with van der Waals surface area (Å²) in [6.07, 6.45) is 1.55. The number of hydrogen-bond acceptors (Lipinski definition) is 7. The number of hydrogen-bond donors (Lipinski definition) is 0. The Bertz CT molecular complexity index is 901. The predicted molar refractivity (Wildman–Crippen MR) is 100 cm³/mol. The Labute approximate surface area is 159 Å². The van der Waals surface area contributed by atoms with Crippen molar-refractivity contribution >= 4 is 46.3 Å². The highest BCUT2D eigenvalue weighted by Crippen LogP contribution is 2.34. The molecule has 0 N–H and O–H groups in total. The quantitative estimate of drug-likeness (QED) is 0.574. The Morgan fingerprint density at radius 1 is 1.31 bits per heavy atom. The number of carbonyl (C=O) groups is 2. The molecule has 1 amide bonds. The first-order chi connectivity index (χ1) is 12.4. The molecule has 2 aromatic rings. The number of furan rings is 1. The van der Waals surface area contributed by atoms with Gasteiger partial charge in [0.15, 0.2) is 0 Å². The molecule has 3 rings (SSSR count). The summed E-state index contributed by atoms with van der Waals surface area (Å²) in [5, 5.41) is 11.0. The molecule has 0 saturated carbocycles. The zero-order valence-corrected chi connectivity index (χ0v) is 15.6. The second-order valence-corrected chi connectivity index (χ2v) is 7.15. The lowest BCUT2D eigenvalue weighted by Crippen LogP contribution is -2.48. The number of carboxylic acid groups (broad SMARTS) is 1. The number of thiocarbonyl (C=S) groups is 1. The van der Waals surface area contributed by atoms with Crippen LogP contribution in [0.3, 0.4) is 0 Å². The zero-order chi connectivity index (χ0) is 18.8. The van der Waals surface area contributed by atoms with Crippen LogP contribution in [0.1, 0.15) is 12.7 Å². The van der Waals surface area contributed by atoms with Gasteiger partial charge >= 0.3 is 0 Å². The number of rotatable bonds is 5. The molecule has 2 heterocycles. The van der Waals surface area contributed by atoms with Gasteiger partial charge in [-0.1, -0.05) is 24.0 Å². The molecule has 1 fully saturated rings. The molecular weight excluding hydrogens is 374 g/mol. The van der Waals surface area contributed by atoms with E-state index in [1.54, 1.807) is 25.3 Å². The normalized spacial score (nSPS) is 17.0. The third-order valence-corrected chi connectivity index (χ3v) is 5.16. The zero-order valence-electron chi connectivity index (χ0n) is 13.9. The highest BCUT2D eigenvalue weighted by molar-refractivity contribution is 8.26. The van der Waals surface area contributed by atoms with Crippen LogP contribution < -0.4 is 9.84 Å². The summed E-state index contributed by atoms with van der Waals surface area (Å²) in [6, 6.07) is 9.77. The minimum absolute atomic E-state index is 0.180. The number of carbonyl (C=O) groups excluding carboxylic acids is 2. The van der Waals surface area contributed by atoms with E-state index in [1.165, 1.54) is 6.92 Å². The van der Waals surface area contributed by atoms with Crippen molar-refractivity contribution in [3.8, 4) is 17.1 Å². The van der Waals surface area contributed by atoms with Crippen molar-refractivity contribution in [3.63, 3.8) is 0 Å². The number of thioether (sulfide) groups is 1. The molecule has 0 radical (unpaired) electrons. The molecule has 0 bridgehead atoms. The maximum Gasteiger partial charge on any atom is 0.266 e. The van der Waals surface area contributed by atoms with Gasteiger partial charge in [-0.3, -0.25) is 9.69 Å². The van der Waals surface area contributed by atoms with Gasteiger partial charge in [0.2, 0.25) is 0 Å². The Morgan fingerprint density at radius 2 is 2.00 bits per heavy atom. The van der Waals surface area contributed by atoms with Crippen LogP contribution in [0.25, 0.3) is 17.4 Å². The maximum absolute atomic E-state index is 12.4. The van der Waals surface area contributed by atoms with E-state index >= 15 is 0 Å². The van der Waals surface area contributed by atoms with Crippen LogP contribution >= 0.6 is 24.0 Å². The molecule has 134 valence electrons. The van der Waals surface area contributed by atoms with Gasteiger partial charge in [-0.15, -0.1) is 0 Å².